The van der Waals surface area contributed by atoms with Gasteiger partial charge in [0.1, 0.15) is 10.7 Å². The summed E-state index contributed by atoms with van der Waals surface area (Å²) in [4.78, 5) is 27.6. The number of thiophene rings is 1. The van der Waals surface area contributed by atoms with Gasteiger partial charge in [0.15, 0.2) is 0 Å². The maximum Gasteiger partial charge on any atom is 0.267 e. The molecule has 4 rings (SSSR count). The molecule has 0 saturated heterocycles. The minimum absolute atomic E-state index is 0.00523. The monoisotopic (exact) mass is 444 g/mol. The zero-order valence-electron chi connectivity index (χ0n) is 16.6. The topological polar surface area (TPSA) is 49.4 Å². The summed E-state index contributed by atoms with van der Waals surface area (Å²) < 4.78 is 14.1. The van der Waals surface area contributed by atoms with Crippen LogP contribution in [0.3, 0.4) is 0 Å². The molecule has 0 aliphatic heterocycles. The predicted octanol–water partition coefficient (Wildman–Crippen LogP) is 6.35. The molecule has 0 atom stereocenters. The Morgan fingerprint density at radius 3 is 2.50 bits per heavy atom. The lowest BCUT2D eigenvalue weighted by atomic mass is 9.94. The van der Waals surface area contributed by atoms with Crippen LogP contribution in [0.15, 0.2) is 42.5 Å². The van der Waals surface area contributed by atoms with Crippen molar-refractivity contribution < 1.29 is 14.0 Å². The molecule has 1 heterocycles. The number of nitrogens with one attached hydrogen (secondary N) is 1. The minimum Gasteiger partial charge on any atom is -0.339 e. The predicted molar refractivity (Wildman–Crippen MR) is 120 cm³/mol. The number of halogens is 2. The minimum atomic E-state index is -0.370. The van der Waals surface area contributed by atoms with Gasteiger partial charge in [0.2, 0.25) is 0 Å². The molecule has 0 radical (unpaired) electrons. The number of anilines is 1. The second-order valence-corrected chi connectivity index (χ2v) is 9.06. The highest BCUT2D eigenvalue weighted by Gasteiger charge is 2.23. The Bertz CT molecular complexity index is 1090. The highest BCUT2D eigenvalue weighted by atomic mass is 35.5. The molecular weight excluding hydrogens is 423 g/mol. The molecule has 1 saturated carbocycles. The number of hydrogen-bond acceptors (Lipinski definition) is 3. The van der Waals surface area contributed by atoms with Crippen LogP contribution in [-0.2, 0) is 0 Å². The van der Waals surface area contributed by atoms with Crippen LogP contribution in [-0.4, -0.2) is 29.8 Å². The van der Waals surface area contributed by atoms with E-state index in [1.165, 1.54) is 31.4 Å². The van der Waals surface area contributed by atoms with Crippen molar-refractivity contribution in [2.75, 3.05) is 12.4 Å². The van der Waals surface area contributed by atoms with Gasteiger partial charge in [-0.2, -0.15) is 0 Å². The van der Waals surface area contributed by atoms with E-state index < -0.39 is 0 Å². The molecule has 1 aliphatic carbocycles. The van der Waals surface area contributed by atoms with Crippen molar-refractivity contribution in [3.8, 4) is 0 Å². The van der Waals surface area contributed by atoms with E-state index in [-0.39, 0.29) is 17.6 Å². The fraction of sp³-hybridized carbons (Fsp3) is 0.304. The SMILES string of the molecule is CN(C(=O)c1ccc(NC(=O)c2sc3cc(F)ccc3c2Cl)cc1)C1CCCCC1. The zero-order chi connectivity index (χ0) is 21.3. The van der Waals surface area contributed by atoms with Gasteiger partial charge in [-0.05, 0) is 55.3 Å². The highest BCUT2D eigenvalue weighted by Crippen LogP contribution is 2.36. The van der Waals surface area contributed by atoms with Gasteiger partial charge in [0.05, 0.1) is 5.02 Å². The number of carbonyl (C=O) groups excluding carboxylic acids is 2. The van der Waals surface area contributed by atoms with Crippen LogP contribution in [0.4, 0.5) is 10.1 Å². The van der Waals surface area contributed by atoms with Crippen molar-refractivity contribution in [3.63, 3.8) is 0 Å². The van der Waals surface area contributed by atoms with Crippen LogP contribution in [0.5, 0.6) is 0 Å². The van der Waals surface area contributed by atoms with E-state index in [1.807, 2.05) is 11.9 Å². The summed E-state index contributed by atoms with van der Waals surface area (Å²) in [6, 6.07) is 11.4. The Labute approximate surface area is 183 Å². The number of amides is 2. The van der Waals surface area contributed by atoms with Crippen molar-refractivity contribution in [3.05, 3.63) is 63.7 Å². The zero-order valence-corrected chi connectivity index (χ0v) is 18.2. The smallest absolute Gasteiger partial charge is 0.267 e. The molecule has 156 valence electrons. The summed E-state index contributed by atoms with van der Waals surface area (Å²) in [5.74, 6) is -0.736. The number of rotatable bonds is 4. The van der Waals surface area contributed by atoms with Crippen molar-refractivity contribution in [2.24, 2.45) is 0 Å². The Kier molecular flexibility index (Phi) is 6.06. The van der Waals surface area contributed by atoms with Crippen LogP contribution in [0.25, 0.3) is 10.1 Å². The summed E-state index contributed by atoms with van der Waals surface area (Å²) in [6.45, 7) is 0. The van der Waals surface area contributed by atoms with Crippen molar-refractivity contribution in [1.82, 2.24) is 4.90 Å². The molecule has 3 aromatic rings. The molecule has 1 fully saturated rings. The summed E-state index contributed by atoms with van der Waals surface area (Å²) >= 11 is 7.47. The lowest BCUT2D eigenvalue weighted by molar-refractivity contribution is 0.0696. The van der Waals surface area contributed by atoms with E-state index in [9.17, 15) is 14.0 Å². The third-order valence-corrected chi connectivity index (χ3v) is 7.29. The number of hydrogen-bond donors (Lipinski definition) is 1. The second-order valence-electron chi connectivity index (χ2n) is 7.63. The molecule has 2 aromatic carbocycles. The summed E-state index contributed by atoms with van der Waals surface area (Å²) in [6.07, 6.45) is 5.68. The number of nitrogens with zero attached hydrogens (tertiary/aromatic N) is 1. The third kappa shape index (κ3) is 4.20. The first-order valence-corrected chi connectivity index (χ1v) is 11.2. The van der Waals surface area contributed by atoms with E-state index >= 15 is 0 Å². The van der Waals surface area contributed by atoms with Gasteiger partial charge in [-0.1, -0.05) is 30.9 Å². The van der Waals surface area contributed by atoms with E-state index in [4.69, 9.17) is 11.6 Å². The first-order valence-electron chi connectivity index (χ1n) is 10.00. The first-order chi connectivity index (χ1) is 14.4. The van der Waals surface area contributed by atoms with Crippen LogP contribution in [0.2, 0.25) is 5.02 Å². The van der Waals surface area contributed by atoms with Gasteiger partial charge >= 0.3 is 0 Å². The highest BCUT2D eigenvalue weighted by molar-refractivity contribution is 7.21. The number of carbonyl (C=O) groups is 2. The lowest BCUT2D eigenvalue weighted by Crippen LogP contribution is -2.38. The summed E-state index contributed by atoms with van der Waals surface area (Å²) in [7, 11) is 1.86. The van der Waals surface area contributed by atoms with Crippen LogP contribution < -0.4 is 5.32 Å². The number of fused-ring (bicyclic) bond motifs is 1. The van der Waals surface area contributed by atoms with Crippen molar-refractivity contribution >= 4 is 50.5 Å². The maximum atomic E-state index is 13.4. The van der Waals surface area contributed by atoms with Crippen molar-refractivity contribution in [2.45, 2.75) is 38.1 Å². The molecular formula is C23H22ClFN2O2S. The first kappa shape index (κ1) is 20.8. The summed E-state index contributed by atoms with van der Waals surface area (Å²) in [5, 5.41) is 3.77. The quantitative estimate of drug-likeness (QED) is 0.509. The Hall–Kier alpha value is -2.44. The van der Waals surface area contributed by atoms with Gasteiger partial charge in [-0.3, -0.25) is 9.59 Å². The molecule has 2 amide bonds. The largest absolute Gasteiger partial charge is 0.339 e. The average Bonchev–Trinajstić information content (AvgIpc) is 3.09. The molecule has 4 nitrogen and oxygen atoms in total. The molecule has 1 aliphatic rings. The molecule has 1 N–H and O–H groups in total. The summed E-state index contributed by atoms with van der Waals surface area (Å²) in [5.41, 5.74) is 1.16. The van der Waals surface area contributed by atoms with Crippen LogP contribution in [0.1, 0.15) is 52.1 Å². The Morgan fingerprint density at radius 1 is 1.10 bits per heavy atom. The van der Waals surface area contributed by atoms with Gasteiger partial charge in [-0.15, -0.1) is 11.3 Å². The van der Waals surface area contributed by atoms with Gasteiger partial charge < -0.3 is 10.2 Å². The molecule has 1 aromatic heterocycles. The number of benzene rings is 2. The molecule has 0 spiro atoms. The van der Waals surface area contributed by atoms with Crippen LogP contribution >= 0.6 is 22.9 Å². The Balaban J connectivity index is 1.46. The molecule has 0 unspecified atom stereocenters. The van der Waals surface area contributed by atoms with E-state index in [1.54, 1.807) is 30.3 Å². The molecule has 7 heteroatoms. The van der Waals surface area contributed by atoms with Gasteiger partial charge in [0, 0.05) is 34.4 Å². The fourth-order valence-electron chi connectivity index (χ4n) is 3.91. The van der Waals surface area contributed by atoms with Gasteiger partial charge in [0.25, 0.3) is 11.8 Å². The van der Waals surface area contributed by atoms with E-state index in [0.717, 1.165) is 24.2 Å². The van der Waals surface area contributed by atoms with E-state index in [0.29, 0.717) is 37.3 Å². The standard InChI is InChI=1S/C23H22ClFN2O2S/c1-27(17-5-3-2-4-6-17)23(29)14-7-10-16(11-8-14)26-22(28)21-20(24)18-12-9-15(25)13-19(18)30-21/h7-13,17H,2-6H2,1H3,(H,26,28). The second kappa shape index (κ2) is 8.74. The molecule has 0 bridgehead atoms. The maximum absolute atomic E-state index is 13.4. The fourth-order valence-corrected chi connectivity index (χ4v) is 5.34. The normalized spacial score (nSPS) is 14.6. The van der Waals surface area contributed by atoms with Crippen LogP contribution in [0, 0.1) is 5.82 Å². The van der Waals surface area contributed by atoms with Crippen molar-refractivity contribution in [1.29, 1.82) is 0 Å². The van der Waals surface area contributed by atoms with Gasteiger partial charge in [-0.25, -0.2) is 4.39 Å². The van der Waals surface area contributed by atoms with E-state index in [2.05, 4.69) is 5.32 Å². The molecule has 30 heavy (non-hydrogen) atoms. The lowest BCUT2D eigenvalue weighted by Gasteiger charge is -2.31. The third-order valence-electron chi connectivity index (χ3n) is 5.63. The Morgan fingerprint density at radius 2 is 1.80 bits per heavy atom. The average molecular weight is 445 g/mol.